The van der Waals surface area contributed by atoms with Gasteiger partial charge >= 0.3 is 6.18 Å². The van der Waals surface area contributed by atoms with Gasteiger partial charge < -0.3 is 14.7 Å². The highest BCUT2D eigenvalue weighted by Crippen LogP contribution is 2.39. The lowest BCUT2D eigenvalue weighted by Gasteiger charge is -2.44. The molecule has 0 unspecified atom stereocenters. The molecule has 0 spiro atoms. The molecule has 0 saturated carbocycles. The van der Waals surface area contributed by atoms with E-state index in [0.717, 1.165) is 37.4 Å². The maximum Gasteiger partial charge on any atom is 0.416 e. The summed E-state index contributed by atoms with van der Waals surface area (Å²) in [5.74, 6) is 0.102. The topological polar surface area (TPSA) is 42.9 Å². The Hall–Kier alpha value is -2.17. The van der Waals surface area contributed by atoms with E-state index in [0.29, 0.717) is 44.6 Å². The van der Waals surface area contributed by atoms with E-state index >= 15 is 0 Å². The zero-order chi connectivity index (χ0) is 24.3. The van der Waals surface area contributed by atoms with E-state index in [4.69, 9.17) is 0 Å². The number of aromatic nitrogens is 1. The van der Waals surface area contributed by atoms with E-state index in [9.17, 15) is 18.0 Å². The van der Waals surface area contributed by atoms with Crippen LogP contribution in [0.3, 0.4) is 0 Å². The fourth-order valence-corrected chi connectivity index (χ4v) is 5.81. The molecule has 4 rings (SSSR count). The smallest absolute Gasteiger partial charge is 0.346 e. The fraction of sp³-hybridized carbons (Fsp3) is 0.583. The first-order chi connectivity index (χ1) is 16.2. The molecular weight excluding hydrogens is 463 g/mol. The van der Waals surface area contributed by atoms with Gasteiger partial charge in [-0.25, -0.2) is 4.98 Å². The average Bonchev–Trinajstić information content (AvgIpc) is 3.34. The Morgan fingerprint density at radius 3 is 2.41 bits per heavy atom. The molecule has 0 radical (unpaired) electrons. The predicted molar refractivity (Wildman–Crippen MR) is 128 cm³/mol. The van der Waals surface area contributed by atoms with Crippen LogP contribution in [0.4, 0.5) is 18.3 Å². The van der Waals surface area contributed by atoms with Crippen molar-refractivity contribution < 1.29 is 18.0 Å². The maximum atomic E-state index is 13.3. The van der Waals surface area contributed by atoms with Crippen molar-refractivity contribution in [2.24, 2.45) is 0 Å². The number of rotatable bonds is 6. The highest BCUT2D eigenvalue weighted by molar-refractivity contribution is 7.13. The Bertz CT molecular complexity index is 950. The molecule has 2 aliphatic heterocycles. The molecule has 2 saturated heterocycles. The lowest BCUT2D eigenvalue weighted by molar-refractivity contribution is -0.137. The normalized spacial score (nSPS) is 19.6. The summed E-state index contributed by atoms with van der Waals surface area (Å²) in [4.78, 5) is 25.7. The lowest BCUT2D eigenvalue weighted by Crippen LogP contribution is -2.53. The molecular formula is C24H32F3N5OS. The molecule has 1 aromatic carbocycles. The van der Waals surface area contributed by atoms with E-state index in [1.165, 1.54) is 12.1 Å². The van der Waals surface area contributed by atoms with Crippen LogP contribution in [0.5, 0.6) is 0 Å². The van der Waals surface area contributed by atoms with Crippen LogP contribution in [-0.2, 0) is 16.4 Å². The summed E-state index contributed by atoms with van der Waals surface area (Å²) in [6.07, 6.45) is -1.26. The van der Waals surface area contributed by atoms with Crippen LogP contribution in [0.2, 0.25) is 0 Å². The fourth-order valence-electron chi connectivity index (χ4n) is 5.11. The number of halogens is 3. The van der Waals surface area contributed by atoms with Crippen LogP contribution in [0.25, 0.3) is 0 Å². The maximum absolute atomic E-state index is 13.3. The van der Waals surface area contributed by atoms with Gasteiger partial charge in [0.15, 0.2) is 5.13 Å². The Balaban J connectivity index is 1.36. The molecule has 186 valence electrons. The number of piperidine rings is 1. The van der Waals surface area contributed by atoms with Crippen molar-refractivity contribution in [1.82, 2.24) is 19.7 Å². The molecule has 0 atom stereocenters. The average molecular weight is 496 g/mol. The zero-order valence-electron chi connectivity index (χ0n) is 19.7. The van der Waals surface area contributed by atoms with Crippen molar-refractivity contribution in [3.05, 3.63) is 47.0 Å². The van der Waals surface area contributed by atoms with Gasteiger partial charge in [-0.3, -0.25) is 9.69 Å². The number of thiazole rings is 1. The van der Waals surface area contributed by atoms with Gasteiger partial charge in [0, 0.05) is 62.8 Å². The number of hydrogen-bond acceptors (Lipinski definition) is 6. The van der Waals surface area contributed by atoms with Crippen molar-refractivity contribution in [3.8, 4) is 0 Å². The Labute approximate surface area is 203 Å². The van der Waals surface area contributed by atoms with E-state index in [1.807, 2.05) is 35.5 Å². The SMILES string of the molecule is CN(C)CC1(c2cccc(C(F)(F)F)c2)CCN(C(=O)CN2CCN(c3nccs3)CC2)CC1. The second kappa shape index (κ2) is 10.2. The van der Waals surface area contributed by atoms with Gasteiger partial charge in [0.1, 0.15) is 0 Å². The molecule has 2 aliphatic rings. The summed E-state index contributed by atoms with van der Waals surface area (Å²) < 4.78 is 40.0. The molecule has 0 aliphatic carbocycles. The van der Waals surface area contributed by atoms with Gasteiger partial charge in [0.2, 0.25) is 5.91 Å². The summed E-state index contributed by atoms with van der Waals surface area (Å²) >= 11 is 1.63. The number of hydrogen-bond donors (Lipinski definition) is 0. The van der Waals surface area contributed by atoms with Crippen LogP contribution in [0, 0.1) is 0 Å². The molecule has 6 nitrogen and oxygen atoms in total. The van der Waals surface area contributed by atoms with Crippen LogP contribution < -0.4 is 4.90 Å². The summed E-state index contributed by atoms with van der Waals surface area (Å²) in [5.41, 5.74) is -0.305. The zero-order valence-corrected chi connectivity index (χ0v) is 20.5. The number of amides is 1. The van der Waals surface area contributed by atoms with E-state index in [-0.39, 0.29) is 5.91 Å². The number of alkyl halides is 3. The van der Waals surface area contributed by atoms with Crippen LogP contribution in [0.1, 0.15) is 24.0 Å². The summed E-state index contributed by atoms with van der Waals surface area (Å²) in [7, 11) is 3.89. The molecule has 10 heteroatoms. The Morgan fingerprint density at radius 2 is 1.82 bits per heavy atom. The molecule has 3 heterocycles. The molecule has 1 amide bonds. The minimum atomic E-state index is -4.37. The predicted octanol–water partition coefficient (Wildman–Crippen LogP) is 3.41. The summed E-state index contributed by atoms with van der Waals surface area (Å²) in [6.45, 7) is 5.47. The van der Waals surface area contributed by atoms with Crippen molar-refractivity contribution in [2.75, 3.05) is 71.4 Å². The third-order valence-electron chi connectivity index (χ3n) is 6.92. The first kappa shape index (κ1) is 24.9. The first-order valence-electron chi connectivity index (χ1n) is 11.6. The second-order valence-corrected chi connectivity index (χ2v) is 10.4. The van der Waals surface area contributed by atoms with Gasteiger partial charge in [-0.1, -0.05) is 18.2 Å². The second-order valence-electron chi connectivity index (χ2n) is 9.56. The lowest BCUT2D eigenvalue weighted by atomic mass is 9.72. The van der Waals surface area contributed by atoms with Crippen molar-refractivity contribution in [3.63, 3.8) is 0 Å². The summed E-state index contributed by atoms with van der Waals surface area (Å²) in [5, 5.41) is 2.99. The monoisotopic (exact) mass is 495 g/mol. The number of piperazine rings is 1. The number of likely N-dealkylation sites (N-methyl/N-ethyl adjacent to an activating group) is 1. The van der Waals surface area contributed by atoms with Crippen LogP contribution >= 0.6 is 11.3 Å². The van der Waals surface area contributed by atoms with Crippen molar-refractivity contribution >= 4 is 22.4 Å². The highest BCUT2D eigenvalue weighted by atomic mass is 32.1. The van der Waals surface area contributed by atoms with Gasteiger partial charge in [0.05, 0.1) is 12.1 Å². The largest absolute Gasteiger partial charge is 0.416 e. The molecule has 2 aromatic rings. The van der Waals surface area contributed by atoms with E-state index < -0.39 is 17.2 Å². The minimum absolute atomic E-state index is 0.102. The third kappa shape index (κ3) is 5.72. The van der Waals surface area contributed by atoms with E-state index in [1.54, 1.807) is 17.4 Å². The Morgan fingerprint density at radius 1 is 1.12 bits per heavy atom. The standard InChI is InChI=1S/C24H32F3N5OS/c1-29(2)18-23(19-4-3-5-20(16-19)24(25,26)27)6-9-31(10-7-23)21(33)17-30-11-13-32(14-12-30)22-28-8-15-34-22/h3-5,8,15-16H,6-7,9-14,17-18H2,1-2H3. The van der Waals surface area contributed by atoms with Gasteiger partial charge in [-0.2, -0.15) is 13.2 Å². The number of anilines is 1. The first-order valence-corrected chi connectivity index (χ1v) is 12.5. The minimum Gasteiger partial charge on any atom is -0.346 e. The number of carbonyl (C=O) groups excluding carboxylic acids is 1. The summed E-state index contributed by atoms with van der Waals surface area (Å²) in [6, 6.07) is 5.72. The van der Waals surface area contributed by atoms with Gasteiger partial charge in [0.25, 0.3) is 0 Å². The number of nitrogens with zero attached hydrogens (tertiary/aromatic N) is 5. The third-order valence-corrected chi connectivity index (χ3v) is 7.75. The quantitative estimate of drug-likeness (QED) is 0.615. The highest BCUT2D eigenvalue weighted by Gasteiger charge is 2.40. The molecule has 1 aromatic heterocycles. The van der Waals surface area contributed by atoms with Crippen LogP contribution in [0.15, 0.2) is 35.8 Å². The Kier molecular flexibility index (Phi) is 7.49. The molecule has 0 N–H and O–H groups in total. The molecule has 34 heavy (non-hydrogen) atoms. The van der Waals surface area contributed by atoms with Crippen molar-refractivity contribution in [2.45, 2.75) is 24.4 Å². The van der Waals surface area contributed by atoms with E-state index in [2.05, 4.69) is 14.8 Å². The van der Waals surface area contributed by atoms with Gasteiger partial charge in [-0.15, -0.1) is 11.3 Å². The number of benzene rings is 1. The molecule has 0 bridgehead atoms. The van der Waals surface area contributed by atoms with Crippen molar-refractivity contribution in [1.29, 1.82) is 0 Å². The molecule has 2 fully saturated rings. The number of likely N-dealkylation sites (tertiary alicyclic amines) is 1. The number of carbonyl (C=O) groups is 1. The van der Waals surface area contributed by atoms with Gasteiger partial charge in [-0.05, 0) is 38.6 Å². The van der Waals surface area contributed by atoms with Crippen LogP contribution in [-0.4, -0.2) is 92.0 Å².